The first-order valence-corrected chi connectivity index (χ1v) is 9.43. The van der Waals surface area contributed by atoms with Gasteiger partial charge in [-0.1, -0.05) is 72.8 Å². The number of fused-ring (bicyclic) bond motifs is 5. The third-order valence-electron chi connectivity index (χ3n) is 5.90. The highest BCUT2D eigenvalue weighted by Gasteiger charge is 2.24. The van der Waals surface area contributed by atoms with E-state index in [1.807, 2.05) is 0 Å². The molecule has 0 saturated carbocycles. The van der Waals surface area contributed by atoms with Crippen LogP contribution in [0, 0.1) is 0 Å². The quantitative estimate of drug-likeness (QED) is 0.327. The molecule has 1 nitrogen and oxygen atoms in total. The van der Waals surface area contributed by atoms with E-state index in [-0.39, 0.29) is 0 Å². The molecule has 0 aliphatic carbocycles. The van der Waals surface area contributed by atoms with Crippen molar-refractivity contribution in [1.82, 2.24) is 4.57 Å². The van der Waals surface area contributed by atoms with Gasteiger partial charge in [0.05, 0.1) is 5.52 Å². The summed E-state index contributed by atoms with van der Waals surface area (Å²) in [7, 11) is 0. The highest BCUT2D eigenvalue weighted by molar-refractivity contribution is 6.25. The van der Waals surface area contributed by atoms with Crippen LogP contribution in [0.4, 0.5) is 0 Å². The van der Waals surface area contributed by atoms with Gasteiger partial charge in [-0.3, -0.25) is 0 Å². The molecule has 0 N–H and O–H groups in total. The second kappa shape index (κ2) is 5.22. The van der Waals surface area contributed by atoms with E-state index in [9.17, 15) is 0 Å². The molecule has 0 amide bonds. The number of benzene rings is 4. The van der Waals surface area contributed by atoms with Gasteiger partial charge in [-0.25, -0.2) is 0 Å². The van der Waals surface area contributed by atoms with Crippen LogP contribution in [0.15, 0.2) is 78.9 Å². The zero-order chi connectivity index (χ0) is 17.1. The van der Waals surface area contributed by atoms with Gasteiger partial charge in [-0.15, -0.1) is 0 Å². The van der Waals surface area contributed by atoms with Crippen molar-refractivity contribution < 1.29 is 0 Å². The summed E-state index contributed by atoms with van der Waals surface area (Å²) < 4.78 is 2.56. The van der Waals surface area contributed by atoms with E-state index >= 15 is 0 Å². The average Bonchev–Trinajstić information content (AvgIpc) is 3.05. The zero-order valence-corrected chi connectivity index (χ0v) is 14.6. The molecule has 0 atom stereocenters. The summed E-state index contributed by atoms with van der Waals surface area (Å²) in [6.07, 6.45) is 2.36. The van der Waals surface area contributed by atoms with Gasteiger partial charge < -0.3 is 4.57 Å². The van der Waals surface area contributed by atoms with Crippen LogP contribution in [-0.2, 0) is 13.0 Å². The van der Waals surface area contributed by atoms with E-state index in [1.165, 1.54) is 55.7 Å². The fraction of sp³-hybridized carbons (Fsp3) is 0.120. The standard InChI is InChI=1S/C25H19N/c1-2-9-17(10-3-1)23-18-11-4-5-12-19(18)24-20-13-6-7-15-22(20)26-16-8-14-21(23)25(24)26/h1-7,9-13,15H,8,14,16H2. The third kappa shape index (κ3) is 1.75. The maximum atomic E-state index is 2.56. The molecule has 6 rings (SSSR count). The van der Waals surface area contributed by atoms with E-state index < -0.39 is 0 Å². The lowest BCUT2D eigenvalue weighted by atomic mass is 9.87. The van der Waals surface area contributed by atoms with Gasteiger partial charge in [0, 0.05) is 22.8 Å². The number of aromatic nitrogens is 1. The van der Waals surface area contributed by atoms with E-state index in [0.29, 0.717) is 0 Å². The van der Waals surface area contributed by atoms with Gasteiger partial charge in [0.25, 0.3) is 0 Å². The fourth-order valence-electron chi connectivity index (χ4n) is 4.91. The highest BCUT2D eigenvalue weighted by Crippen LogP contribution is 2.45. The molecule has 124 valence electrons. The van der Waals surface area contributed by atoms with Crippen LogP contribution >= 0.6 is 0 Å². The minimum atomic E-state index is 1.11. The maximum Gasteiger partial charge on any atom is 0.0536 e. The molecule has 0 spiro atoms. The maximum absolute atomic E-state index is 2.56. The number of para-hydroxylation sites is 1. The van der Waals surface area contributed by atoms with E-state index in [2.05, 4.69) is 83.4 Å². The number of rotatable bonds is 1. The Hall–Kier alpha value is -3.06. The van der Waals surface area contributed by atoms with E-state index in [4.69, 9.17) is 0 Å². The predicted octanol–water partition coefficient (Wildman–Crippen LogP) is 6.56. The molecule has 0 fully saturated rings. The Morgan fingerprint density at radius 2 is 1.35 bits per heavy atom. The third-order valence-corrected chi connectivity index (χ3v) is 5.90. The Morgan fingerprint density at radius 1 is 0.654 bits per heavy atom. The minimum Gasteiger partial charge on any atom is -0.340 e. The molecule has 5 aromatic rings. The van der Waals surface area contributed by atoms with Crippen molar-refractivity contribution in [2.24, 2.45) is 0 Å². The number of hydrogen-bond acceptors (Lipinski definition) is 0. The monoisotopic (exact) mass is 333 g/mol. The number of hydrogen-bond donors (Lipinski definition) is 0. The van der Waals surface area contributed by atoms with Gasteiger partial charge >= 0.3 is 0 Å². The topological polar surface area (TPSA) is 4.93 Å². The van der Waals surface area contributed by atoms with Crippen molar-refractivity contribution >= 4 is 32.6 Å². The van der Waals surface area contributed by atoms with Crippen LogP contribution in [0.2, 0.25) is 0 Å². The molecule has 2 heterocycles. The SMILES string of the molecule is c1ccc(-c2c3c4c(c5ccccc25)c2ccccc2n4CCC3)cc1. The van der Waals surface area contributed by atoms with Crippen molar-refractivity contribution in [2.75, 3.05) is 0 Å². The van der Waals surface area contributed by atoms with Crippen LogP contribution in [-0.4, -0.2) is 4.57 Å². The van der Waals surface area contributed by atoms with E-state index in [1.54, 1.807) is 0 Å². The van der Waals surface area contributed by atoms with Gasteiger partial charge in [0.1, 0.15) is 0 Å². The second-order valence-corrected chi connectivity index (χ2v) is 7.26. The predicted molar refractivity (Wildman–Crippen MR) is 111 cm³/mol. The first kappa shape index (κ1) is 14.1. The molecule has 4 aromatic carbocycles. The van der Waals surface area contributed by atoms with Crippen molar-refractivity contribution in [3.63, 3.8) is 0 Å². The number of aryl methyl sites for hydroxylation is 2. The average molecular weight is 333 g/mol. The van der Waals surface area contributed by atoms with Gasteiger partial charge in [-0.2, -0.15) is 0 Å². The molecular formula is C25H19N. The number of nitrogens with zero attached hydrogens (tertiary/aromatic N) is 1. The Kier molecular flexibility index (Phi) is 2.84. The fourth-order valence-corrected chi connectivity index (χ4v) is 4.91. The van der Waals surface area contributed by atoms with Crippen LogP contribution in [0.1, 0.15) is 12.0 Å². The Labute approximate surface area is 152 Å². The molecule has 0 bridgehead atoms. The summed E-state index contributed by atoms with van der Waals surface area (Å²) in [6.45, 7) is 1.11. The molecule has 1 aromatic heterocycles. The van der Waals surface area contributed by atoms with Crippen LogP contribution in [0.3, 0.4) is 0 Å². The lowest BCUT2D eigenvalue weighted by Crippen LogP contribution is -2.09. The second-order valence-electron chi connectivity index (χ2n) is 7.26. The molecule has 1 heteroatoms. The van der Waals surface area contributed by atoms with Gasteiger partial charge in [0.15, 0.2) is 0 Å². The first-order valence-electron chi connectivity index (χ1n) is 9.43. The summed E-state index contributed by atoms with van der Waals surface area (Å²) in [5.41, 5.74) is 7.11. The van der Waals surface area contributed by atoms with Crippen LogP contribution < -0.4 is 0 Å². The smallest absolute Gasteiger partial charge is 0.0536 e. The largest absolute Gasteiger partial charge is 0.340 e. The normalized spacial score (nSPS) is 13.7. The molecule has 1 aliphatic heterocycles. The summed E-state index contributed by atoms with van der Waals surface area (Å²) in [6, 6.07) is 28.8. The van der Waals surface area contributed by atoms with Crippen molar-refractivity contribution in [3.8, 4) is 11.1 Å². The molecule has 26 heavy (non-hydrogen) atoms. The molecule has 1 aliphatic rings. The molecule has 0 radical (unpaired) electrons. The van der Waals surface area contributed by atoms with E-state index in [0.717, 1.165) is 13.0 Å². The summed E-state index contributed by atoms with van der Waals surface area (Å²) >= 11 is 0. The Balaban J connectivity index is 1.94. The molecule has 0 unspecified atom stereocenters. The van der Waals surface area contributed by atoms with Gasteiger partial charge in [0.2, 0.25) is 0 Å². The highest BCUT2D eigenvalue weighted by atomic mass is 15.0. The van der Waals surface area contributed by atoms with Crippen LogP contribution in [0.5, 0.6) is 0 Å². The molecular weight excluding hydrogens is 314 g/mol. The Bertz CT molecular complexity index is 1290. The summed E-state index contributed by atoms with van der Waals surface area (Å²) in [5, 5.41) is 5.58. The van der Waals surface area contributed by atoms with Crippen molar-refractivity contribution in [1.29, 1.82) is 0 Å². The summed E-state index contributed by atoms with van der Waals surface area (Å²) in [5.74, 6) is 0. The minimum absolute atomic E-state index is 1.11. The first-order chi connectivity index (χ1) is 12.9. The summed E-state index contributed by atoms with van der Waals surface area (Å²) in [4.78, 5) is 0. The van der Waals surface area contributed by atoms with Gasteiger partial charge in [-0.05, 0) is 46.4 Å². The Morgan fingerprint density at radius 3 is 2.19 bits per heavy atom. The van der Waals surface area contributed by atoms with Crippen LogP contribution in [0.25, 0.3) is 43.7 Å². The molecule has 0 saturated heterocycles. The van der Waals surface area contributed by atoms with Crippen molar-refractivity contribution in [3.05, 3.63) is 84.4 Å². The van der Waals surface area contributed by atoms with Crippen molar-refractivity contribution in [2.45, 2.75) is 19.4 Å². The lowest BCUT2D eigenvalue weighted by molar-refractivity contribution is 0.652. The zero-order valence-electron chi connectivity index (χ0n) is 14.6. The lowest BCUT2D eigenvalue weighted by Gasteiger charge is -2.22.